The highest BCUT2D eigenvalue weighted by Crippen LogP contribution is 2.14. The van der Waals surface area contributed by atoms with E-state index in [9.17, 15) is 19.5 Å². The van der Waals surface area contributed by atoms with Crippen molar-refractivity contribution in [2.24, 2.45) is 0 Å². The van der Waals surface area contributed by atoms with Crippen molar-refractivity contribution in [2.75, 3.05) is 0 Å². The SMILES string of the molecule is O=C(N[C@H](Cc1ccccc1)C(=O)N[C@@H](Cc1ccccc1I)C(=O)O)OCc1ccccc1. The number of halogens is 1. The van der Waals surface area contributed by atoms with Crippen molar-refractivity contribution in [3.63, 3.8) is 0 Å². The van der Waals surface area contributed by atoms with Crippen molar-refractivity contribution < 1.29 is 24.2 Å². The molecule has 176 valence electrons. The van der Waals surface area contributed by atoms with Crippen molar-refractivity contribution in [2.45, 2.75) is 31.5 Å². The van der Waals surface area contributed by atoms with E-state index in [1.165, 1.54) is 0 Å². The van der Waals surface area contributed by atoms with E-state index in [2.05, 4.69) is 33.2 Å². The first-order valence-electron chi connectivity index (χ1n) is 10.7. The van der Waals surface area contributed by atoms with E-state index in [4.69, 9.17) is 4.74 Å². The molecular formula is C26H25IN2O5. The number of hydrogen-bond donors (Lipinski definition) is 3. The zero-order chi connectivity index (χ0) is 24.3. The highest BCUT2D eigenvalue weighted by molar-refractivity contribution is 14.1. The fourth-order valence-electron chi connectivity index (χ4n) is 3.32. The molecule has 3 rings (SSSR count). The minimum Gasteiger partial charge on any atom is -0.480 e. The second kappa shape index (κ2) is 12.7. The third-order valence-electron chi connectivity index (χ3n) is 5.10. The van der Waals surface area contributed by atoms with E-state index in [1.807, 2.05) is 84.9 Å². The third kappa shape index (κ3) is 7.87. The number of alkyl carbamates (subject to hydrolysis) is 1. The molecule has 3 aromatic carbocycles. The van der Waals surface area contributed by atoms with Crippen molar-refractivity contribution in [3.8, 4) is 0 Å². The molecular weight excluding hydrogens is 547 g/mol. The van der Waals surface area contributed by atoms with Crippen LogP contribution in [0.15, 0.2) is 84.9 Å². The average molecular weight is 572 g/mol. The van der Waals surface area contributed by atoms with E-state index >= 15 is 0 Å². The zero-order valence-electron chi connectivity index (χ0n) is 18.3. The van der Waals surface area contributed by atoms with Gasteiger partial charge in [-0.25, -0.2) is 9.59 Å². The van der Waals surface area contributed by atoms with Crippen LogP contribution < -0.4 is 10.6 Å². The van der Waals surface area contributed by atoms with Gasteiger partial charge in [0.25, 0.3) is 0 Å². The van der Waals surface area contributed by atoms with Crippen LogP contribution in [-0.2, 0) is 33.8 Å². The van der Waals surface area contributed by atoms with Gasteiger partial charge in [-0.05, 0) is 45.3 Å². The number of ether oxygens (including phenoxy) is 1. The third-order valence-corrected chi connectivity index (χ3v) is 6.15. The first kappa shape index (κ1) is 25.2. The number of aliphatic carboxylic acids is 1. The summed E-state index contributed by atoms with van der Waals surface area (Å²) in [5.41, 5.74) is 2.44. The van der Waals surface area contributed by atoms with Crippen LogP contribution in [0.3, 0.4) is 0 Å². The summed E-state index contributed by atoms with van der Waals surface area (Å²) in [6.07, 6.45) is -0.455. The van der Waals surface area contributed by atoms with E-state index < -0.39 is 30.1 Å². The highest BCUT2D eigenvalue weighted by Gasteiger charge is 2.28. The van der Waals surface area contributed by atoms with E-state index in [-0.39, 0.29) is 19.4 Å². The van der Waals surface area contributed by atoms with Crippen LogP contribution in [0.25, 0.3) is 0 Å². The number of rotatable bonds is 10. The van der Waals surface area contributed by atoms with Crippen LogP contribution >= 0.6 is 22.6 Å². The van der Waals surface area contributed by atoms with Crippen LogP contribution in [0.1, 0.15) is 16.7 Å². The molecule has 0 radical (unpaired) electrons. The van der Waals surface area contributed by atoms with Crippen LogP contribution in [0.4, 0.5) is 4.79 Å². The number of carboxylic acid groups (broad SMARTS) is 1. The van der Waals surface area contributed by atoms with Gasteiger partial charge in [-0.2, -0.15) is 0 Å². The molecule has 2 amide bonds. The predicted molar refractivity (Wildman–Crippen MR) is 136 cm³/mol. The second-order valence-electron chi connectivity index (χ2n) is 7.64. The molecule has 3 aromatic rings. The molecule has 0 aliphatic carbocycles. The normalized spacial score (nSPS) is 12.3. The Morgan fingerprint density at radius 1 is 0.765 bits per heavy atom. The maximum absolute atomic E-state index is 13.1. The van der Waals surface area contributed by atoms with Gasteiger partial charge in [0.2, 0.25) is 5.91 Å². The molecule has 8 heteroatoms. The summed E-state index contributed by atoms with van der Waals surface area (Å²) in [5.74, 6) is -1.75. The number of benzene rings is 3. The molecule has 34 heavy (non-hydrogen) atoms. The molecule has 0 saturated carbocycles. The van der Waals surface area contributed by atoms with Crippen molar-refractivity contribution in [3.05, 3.63) is 105 Å². The van der Waals surface area contributed by atoms with Gasteiger partial charge < -0.3 is 20.5 Å². The largest absolute Gasteiger partial charge is 0.480 e. The molecule has 2 atom stereocenters. The van der Waals surface area contributed by atoms with Gasteiger partial charge in [0.05, 0.1) is 0 Å². The van der Waals surface area contributed by atoms with Crippen LogP contribution in [-0.4, -0.2) is 35.2 Å². The number of carbonyl (C=O) groups is 3. The molecule has 0 aliphatic rings. The Morgan fingerprint density at radius 2 is 1.35 bits per heavy atom. The highest BCUT2D eigenvalue weighted by atomic mass is 127. The lowest BCUT2D eigenvalue weighted by Gasteiger charge is -2.22. The first-order valence-corrected chi connectivity index (χ1v) is 11.8. The average Bonchev–Trinajstić information content (AvgIpc) is 2.84. The lowest BCUT2D eigenvalue weighted by Crippen LogP contribution is -2.53. The van der Waals surface area contributed by atoms with Crippen molar-refractivity contribution in [1.29, 1.82) is 0 Å². The molecule has 3 N–H and O–H groups in total. The Morgan fingerprint density at radius 3 is 1.97 bits per heavy atom. The lowest BCUT2D eigenvalue weighted by atomic mass is 10.0. The minimum absolute atomic E-state index is 0.0521. The van der Waals surface area contributed by atoms with Crippen molar-refractivity contribution in [1.82, 2.24) is 10.6 Å². The van der Waals surface area contributed by atoms with Gasteiger partial charge in [0.1, 0.15) is 18.7 Å². The summed E-state index contributed by atoms with van der Waals surface area (Å²) in [4.78, 5) is 37.4. The van der Waals surface area contributed by atoms with Crippen LogP contribution in [0.5, 0.6) is 0 Å². The summed E-state index contributed by atoms with van der Waals surface area (Å²) in [6, 6.07) is 23.6. The summed E-state index contributed by atoms with van der Waals surface area (Å²) in [5, 5.41) is 14.9. The number of nitrogens with one attached hydrogen (secondary N) is 2. The smallest absolute Gasteiger partial charge is 0.408 e. The van der Waals surface area contributed by atoms with Crippen molar-refractivity contribution >= 4 is 40.6 Å². The molecule has 0 heterocycles. The standard InChI is InChI=1S/C26H25IN2O5/c27-21-14-8-7-13-20(21)16-23(25(31)32)28-24(30)22(15-18-9-3-1-4-10-18)29-26(33)34-17-19-11-5-2-6-12-19/h1-14,22-23H,15-17H2,(H,28,30)(H,29,33)(H,31,32)/t22-,23+/m1/s1. The van der Waals surface area contributed by atoms with E-state index in [0.717, 1.165) is 20.3 Å². The molecule has 0 spiro atoms. The van der Waals surface area contributed by atoms with Gasteiger partial charge in [-0.1, -0.05) is 78.9 Å². The maximum Gasteiger partial charge on any atom is 0.408 e. The molecule has 0 aromatic heterocycles. The number of amides is 2. The second-order valence-corrected chi connectivity index (χ2v) is 8.81. The van der Waals surface area contributed by atoms with Gasteiger partial charge >= 0.3 is 12.1 Å². The number of carboxylic acids is 1. The Bertz CT molecular complexity index is 1110. The van der Waals surface area contributed by atoms with Crippen LogP contribution in [0.2, 0.25) is 0 Å². The molecule has 7 nitrogen and oxygen atoms in total. The summed E-state index contributed by atoms with van der Waals surface area (Å²) < 4.78 is 6.17. The van der Waals surface area contributed by atoms with Gasteiger partial charge in [-0.15, -0.1) is 0 Å². The van der Waals surface area contributed by atoms with E-state index in [1.54, 1.807) is 0 Å². The van der Waals surface area contributed by atoms with Gasteiger partial charge in [0, 0.05) is 16.4 Å². The fraction of sp³-hybridized carbons (Fsp3) is 0.192. The molecule has 0 bridgehead atoms. The van der Waals surface area contributed by atoms with Crippen LogP contribution in [0, 0.1) is 3.57 Å². The monoisotopic (exact) mass is 572 g/mol. The zero-order valence-corrected chi connectivity index (χ0v) is 20.5. The maximum atomic E-state index is 13.1. The molecule has 0 saturated heterocycles. The molecule has 0 unspecified atom stereocenters. The predicted octanol–water partition coefficient (Wildman–Crippen LogP) is 3.94. The Kier molecular flexibility index (Phi) is 9.45. The number of hydrogen-bond acceptors (Lipinski definition) is 4. The van der Waals surface area contributed by atoms with Gasteiger partial charge in [-0.3, -0.25) is 4.79 Å². The summed E-state index contributed by atoms with van der Waals surface area (Å²) >= 11 is 2.13. The minimum atomic E-state index is -1.15. The Balaban J connectivity index is 1.70. The number of carbonyl (C=O) groups excluding carboxylic acids is 2. The topological polar surface area (TPSA) is 105 Å². The van der Waals surface area contributed by atoms with Gasteiger partial charge in [0.15, 0.2) is 0 Å². The Hall–Kier alpha value is -3.40. The fourth-order valence-corrected chi connectivity index (χ4v) is 3.93. The van der Waals surface area contributed by atoms with E-state index in [0.29, 0.717) is 0 Å². The quantitative estimate of drug-likeness (QED) is 0.320. The Labute approximate surface area is 211 Å². The summed E-state index contributed by atoms with van der Waals surface area (Å²) in [6.45, 7) is 0.0521. The lowest BCUT2D eigenvalue weighted by molar-refractivity contribution is -0.142. The summed E-state index contributed by atoms with van der Waals surface area (Å²) in [7, 11) is 0. The molecule has 0 fully saturated rings. The molecule has 0 aliphatic heterocycles. The first-order chi connectivity index (χ1) is 16.4.